The van der Waals surface area contributed by atoms with Gasteiger partial charge in [0.1, 0.15) is 17.3 Å². The number of hydrogen-bond acceptors (Lipinski definition) is 6. The molecule has 2 aromatic carbocycles. The number of nitro groups is 1. The summed E-state index contributed by atoms with van der Waals surface area (Å²) in [4.78, 5) is 34.2. The summed E-state index contributed by atoms with van der Waals surface area (Å²) in [5, 5.41) is 13.2. The van der Waals surface area contributed by atoms with Crippen LogP contribution in [-0.2, 0) is 9.53 Å². The quantitative estimate of drug-likeness (QED) is 0.393. The Balaban J connectivity index is 1.59. The number of para-hydroxylation sites is 2. The molecule has 1 heterocycles. The molecule has 0 saturated carbocycles. The van der Waals surface area contributed by atoms with Gasteiger partial charge in [0, 0.05) is 11.6 Å². The van der Waals surface area contributed by atoms with Gasteiger partial charge in [-0.1, -0.05) is 12.1 Å². The Morgan fingerprint density at radius 1 is 1.07 bits per heavy atom. The fourth-order valence-electron chi connectivity index (χ4n) is 2.34. The molecule has 0 aliphatic rings. The third-order valence-electron chi connectivity index (χ3n) is 3.65. The van der Waals surface area contributed by atoms with Gasteiger partial charge in [0.15, 0.2) is 6.61 Å². The Hall–Kier alpha value is -4.01. The molecule has 3 aromatic rings. The van der Waals surface area contributed by atoms with Crippen molar-refractivity contribution in [3.8, 4) is 11.3 Å². The average molecular weight is 384 g/mol. The standard InChI is InChI=1S/C19H13FN2O6/c20-13-7-5-12(6-8-13)16-9-10-17(28-16)19(24)27-11-18(23)21-14-3-1-2-4-15(14)22(25)26/h1-10H,11H2,(H,21,23). The lowest BCUT2D eigenvalue weighted by atomic mass is 10.2. The van der Waals surface area contributed by atoms with Crippen molar-refractivity contribution in [1.29, 1.82) is 0 Å². The molecule has 0 unspecified atom stereocenters. The van der Waals surface area contributed by atoms with Gasteiger partial charge in [-0.25, -0.2) is 9.18 Å². The van der Waals surface area contributed by atoms with Gasteiger partial charge in [0.05, 0.1) is 4.92 Å². The lowest BCUT2D eigenvalue weighted by molar-refractivity contribution is -0.383. The third-order valence-corrected chi connectivity index (χ3v) is 3.65. The van der Waals surface area contributed by atoms with Gasteiger partial charge >= 0.3 is 5.97 Å². The van der Waals surface area contributed by atoms with E-state index in [0.717, 1.165) is 0 Å². The summed E-state index contributed by atoms with van der Waals surface area (Å²) < 4.78 is 23.2. The van der Waals surface area contributed by atoms with E-state index in [9.17, 15) is 24.1 Å². The number of benzene rings is 2. The van der Waals surface area contributed by atoms with Crippen LogP contribution in [0.5, 0.6) is 0 Å². The van der Waals surface area contributed by atoms with E-state index in [-0.39, 0.29) is 17.1 Å². The number of halogens is 1. The van der Waals surface area contributed by atoms with Gasteiger partial charge in [0.25, 0.3) is 11.6 Å². The number of nitro benzene ring substituents is 1. The Morgan fingerprint density at radius 2 is 1.79 bits per heavy atom. The van der Waals surface area contributed by atoms with Crippen LogP contribution in [0.15, 0.2) is 65.1 Å². The predicted octanol–water partition coefficient (Wildman–Crippen LogP) is 3.79. The van der Waals surface area contributed by atoms with Crippen LogP contribution in [0.3, 0.4) is 0 Å². The van der Waals surface area contributed by atoms with Gasteiger partial charge < -0.3 is 14.5 Å². The largest absolute Gasteiger partial charge is 0.450 e. The first kappa shape index (κ1) is 18.8. The van der Waals surface area contributed by atoms with E-state index >= 15 is 0 Å². The molecule has 0 radical (unpaired) electrons. The number of nitrogens with one attached hydrogen (secondary N) is 1. The number of amides is 1. The number of hydrogen-bond donors (Lipinski definition) is 1. The highest BCUT2D eigenvalue weighted by Gasteiger charge is 2.18. The molecule has 3 rings (SSSR count). The highest BCUT2D eigenvalue weighted by molar-refractivity contribution is 5.96. The van der Waals surface area contributed by atoms with Crippen LogP contribution in [0.4, 0.5) is 15.8 Å². The maximum Gasteiger partial charge on any atom is 0.374 e. The van der Waals surface area contributed by atoms with E-state index in [1.54, 1.807) is 0 Å². The van der Waals surface area contributed by atoms with Crippen LogP contribution in [0.2, 0.25) is 0 Å². The van der Waals surface area contributed by atoms with Crippen molar-refractivity contribution in [3.63, 3.8) is 0 Å². The molecule has 9 heteroatoms. The van der Waals surface area contributed by atoms with Crippen molar-refractivity contribution in [1.82, 2.24) is 0 Å². The van der Waals surface area contributed by atoms with E-state index in [1.165, 1.54) is 60.7 Å². The van der Waals surface area contributed by atoms with E-state index in [1.807, 2.05) is 0 Å². The van der Waals surface area contributed by atoms with Crippen LogP contribution >= 0.6 is 0 Å². The molecule has 0 aliphatic heterocycles. The van der Waals surface area contributed by atoms with Crippen molar-refractivity contribution in [2.45, 2.75) is 0 Å². The highest BCUT2D eigenvalue weighted by Crippen LogP contribution is 2.24. The molecule has 0 saturated heterocycles. The molecule has 1 N–H and O–H groups in total. The maximum atomic E-state index is 13.0. The molecule has 0 atom stereocenters. The first-order valence-corrected chi connectivity index (χ1v) is 8.00. The predicted molar refractivity (Wildman–Crippen MR) is 96.1 cm³/mol. The average Bonchev–Trinajstić information content (AvgIpc) is 3.17. The van der Waals surface area contributed by atoms with Crippen molar-refractivity contribution < 1.29 is 28.1 Å². The molecule has 0 bridgehead atoms. The molecule has 0 spiro atoms. The Morgan fingerprint density at radius 3 is 2.50 bits per heavy atom. The minimum atomic E-state index is -0.883. The van der Waals surface area contributed by atoms with Gasteiger partial charge in [-0.15, -0.1) is 0 Å². The summed E-state index contributed by atoms with van der Waals surface area (Å²) in [6.45, 7) is -0.655. The Bertz CT molecular complexity index is 1030. The second-order valence-electron chi connectivity index (χ2n) is 5.57. The molecule has 142 valence electrons. The topological polar surface area (TPSA) is 112 Å². The van der Waals surface area contributed by atoms with Crippen molar-refractivity contribution in [3.05, 3.63) is 82.4 Å². The lowest BCUT2D eigenvalue weighted by Gasteiger charge is -2.06. The summed E-state index contributed by atoms with van der Waals surface area (Å²) in [7, 11) is 0. The number of rotatable bonds is 6. The summed E-state index contributed by atoms with van der Waals surface area (Å²) in [5.74, 6) is -1.84. The molecular weight excluding hydrogens is 371 g/mol. The van der Waals surface area contributed by atoms with Gasteiger partial charge in [0.2, 0.25) is 5.76 Å². The molecule has 1 amide bonds. The number of esters is 1. The van der Waals surface area contributed by atoms with E-state index in [0.29, 0.717) is 11.3 Å². The number of anilines is 1. The normalized spacial score (nSPS) is 10.3. The number of carbonyl (C=O) groups is 2. The van der Waals surface area contributed by atoms with Crippen LogP contribution < -0.4 is 5.32 Å². The van der Waals surface area contributed by atoms with Crippen molar-refractivity contribution in [2.75, 3.05) is 11.9 Å². The van der Waals surface area contributed by atoms with Crippen LogP contribution in [-0.4, -0.2) is 23.4 Å². The number of ether oxygens (including phenoxy) is 1. The zero-order valence-electron chi connectivity index (χ0n) is 14.3. The summed E-state index contributed by atoms with van der Waals surface area (Å²) >= 11 is 0. The first-order valence-electron chi connectivity index (χ1n) is 8.00. The molecular formula is C19H13FN2O6. The Kier molecular flexibility index (Phi) is 5.45. The third kappa shape index (κ3) is 4.39. The second-order valence-corrected chi connectivity index (χ2v) is 5.57. The van der Waals surface area contributed by atoms with Gasteiger partial charge in [-0.3, -0.25) is 14.9 Å². The highest BCUT2D eigenvalue weighted by atomic mass is 19.1. The smallest absolute Gasteiger partial charge is 0.374 e. The van der Waals surface area contributed by atoms with E-state index in [2.05, 4.69) is 5.32 Å². The monoisotopic (exact) mass is 384 g/mol. The second kappa shape index (κ2) is 8.12. The molecule has 1 aromatic heterocycles. The van der Waals surface area contributed by atoms with E-state index in [4.69, 9.17) is 9.15 Å². The van der Waals surface area contributed by atoms with Crippen molar-refractivity contribution in [2.24, 2.45) is 0 Å². The lowest BCUT2D eigenvalue weighted by Crippen LogP contribution is -2.21. The molecule has 8 nitrogen and oxygen atoms in total. The number of carbonyl (C=O) groups excluding carboxylic acids is 2. The summed E-state index contributed by atoms with van der Waals surface area (Å²) in [6, 6.07) is 13.9. The van der Waals surface area contributed by atoms with Gasteiger partial charge in [-0.05, 0) is 42.5 Å². The Labute approximate surface area is 157 Å². The molecule has 0 fully saturated rings. The fraction of sp³-hybridized carbons (Fsp3) is 0.0526. The number of furan rings is 1. The molecule has 28 heavy (non-hydrogen) atoms. The minimum Gasteiger partial charge on any atom is -0.450 e. The zero-order chi connectivity index (χ0) is 20.1. The molecule has 0 aliphatic carbocycles. The van der Waals surface area contributed by atoms with Crippen LogP contribution in [0.25, 0.3) is 11.3 Å². The van der Waals surface area contributed by atoms with Crippen molar-refractivity contribution >= 4 is 23.3 Å². The summed E-state index contributed by atoms with van der Waals surface area (Å²) in [6.07, 6.45) is 0. The zero-order valence-corrected chi connectivity index (χ0v) is 14.3. The SMILES string of the molecule is O=C(COC(=O)c1ccc(-c2ccc(F)cc2)o1)Nc1ccccc1[N+](=O)[O-]. The maximum absolute atomic E-state index is 13.0. The van der Waals surface area contributed by atoms with Gasteiger partial charge in [-0.2, -0.15) is 0 Å². The van der Waals surface area contributed by atoms with Crippen LogP contribution in [0, 0.1) is 15.9 Å². The summed E-state index contributed by atoms with van der Waals surface area (Å²) in [5.41, 5.74) is 0.275. The number of nitrogens with zero attached hydrogens (tertiary/aromatic N) is 1. The first-order chi connectivity index (χ1) is 13.4. The van der Waals surface area contributed by atoms with Crippen LogP contribution in [0.1, 0.15) is 10.6 Å². The minimum absolute atomic E-state index is 0.00913. The van der Waals surface area contributed by atoms with E-state index < -0.39 is 29.2 Å². The fourth-order valence-corrected chi connectivity index (χ4v) is 2.34.